The lowest BCUT2D eigenvalue weighted by Crippen LogP contribution is -1.87. The summed E-state index contributed by atoms with van der Waals surface area (Å²) in [5, 5.41) is 3.64. The molecule has 0 saturated heterocycles. The van der Waals surface area contributed by atoms with Crippen molar-refractivity contribution in [3.05, 3.63) is 22.3 Å². The van der Waals surface area contributed by atoms with Gasteiger partial charge in [-0.15, -0.1) is 11.3 Å². The molecule has 0 saturated carbocycles. The van der Waals surface area contributed by atoms with Crippen LogP contribution in [0.4, 0.5) is 0 Å². The molecule has 2 heterocycles. The topological polar surface area (TPSA) is 56.0 Å². The molecule has 14 heavy (non-hydrogen) atoms. The molecular weight excluding hydrogens is 224 g/mol. The Kier molecular flexibility index (Phi) is 2.60. The minimum absolute atomic E-state index is 0.169. The van der Waals surface area contributed by atoms with Crippen LogP contribution in [0, 0.1) is 0 Å². The summed E-state index contributed by atoms with van der Waals surface area (Å²) in [6.45, 7) is 0. The van der Waals surface area contributed by atoms with Gasteiger partial charge in [0, 0.05) is 0 Å². The standard InChI is InChI=1S/C8H5ClN2O2S/c9-6-2-1-5(14-6)8-10-7(3-4-12)11-13-8/h1-2,4H,3H2. The van der Waals surface area contributed by atoms with Gasteiger partial charge in [0.25, 0.3) is 5.89 Å². The Morgan fingerprint density at radius 3 is 3.07 bits per heavy atom. The molecule has 0 radical (unpaired) electrons. The van der Waals surface area contributed by atoms with E-state index >= 15 is 0 Å². The van der Waals surface area contributed by atoms with Crippen molar-refractivity contribution in [2.24, 2.45) is 0 Å². The number of rotatable bonds is 3. The summed E-state index contributed by atoms with van der Waals surface area (Å²) in [5.74, 6) is 0.790. The number of hydrogen-bond donors (Lipinski definition) is 0. The highest BCUT2D eigenvalue weighted by Crippen LogP contribution is 2.29. The molecule has 0 N–H and O–H groups in total. The van der Waals surface area contributed by atoms with Crippen LogP contribution in [0.1, 0.15) is 5.82 Å². The van der Waals surface area contributed by atoms with Gasteiger partial charge < -0.3 is 9.32 Å². The van der Waals surface area contributed by atoms with Crippen molar-refractivity contribution in [2.45, 2.75) is 6.42 Å². The first-order valence-electron chi connectivity index (χ1n) is 3.81. The van der Waals surface area contributed by atoms with E-state index in [2.05, 4.69) is 10.1 Å². The second-order valence-corrected chi connectivity index (χ2v) is 4.21. The Balaban J connectivity index is 2.28. The van der Waals surface area contributed by atoms with Crippen molar-refractivity contribution < 1.29 is 9.32 Å². The van der Waals surface area contributed by atoms with Gasteiger partial charge in [-0.25, -0.2) is 0 Å². The maximum absolute atomic E-state index is 10.2. The average molecular weight is 229 g/mol. The van der Waals surface area contributed by atoms with E-state index in [1.54, 1.807) is 12.1 Å². The quantitative estimate of drug-likeness (QED) is 0.756. The van der Waals surface area contributed by atoms with Gasteiger partial charge in [-0.05, 0) is 12.1 Å². The van der Waals surface area contributed by atoms with Crippen LogP contribution < -0.4 is 0 Å². The van der Waals surface area contributed by atoms with Gasteiger partial charge in [0.2, 0.25) is 0 Å². The molecule has 0 unspecified atom stereocenters. The summed E-state index contributed by atoms with van der Waals surface area (Å²) in [7, 11) is 0. The van der Waals surface area contributed by atoms with E-state index in [1.165, 1.54) is 11.3 Å². The molecule has 2 aromatic rings. The van der Waals surface area contributed by atoms with Gasteiger partial charge >= 0.3 is 0 Å². The molecule has 2 aromatic heterocycles. The third kappa shape index (κ3) is 1.83. The summed E-state index contributed by atoms with van der Waals surface area (Å²) in [4.78, 5) is 15.0. The number of halogens is 1. The van der Waals surface area contributed by atoms with Crippen LogP contribution in [-0.2, 0) is 11.2 Å². The molecule has 0 atom stereocenters. The second-order valence-electron chi connectivity index (χ2n) is 2.49. The van der Waals surface area contributed by atoms with E-state index in [9.17, 15) is 4.79 Å². The first kappa shape index (κ1) is 9.36. The normalized spacial score (nSPS) is 10.4. The number of aromatic nitrogens is 2. The Labute approximate surface area is 88.5 Å². The molecule has 0 aromatic carbocycles. The Hall–Kier alpha value is -1.20. The van der Waals surface area contributed by atoms with Gasteiger partial charge in [0.05, 0.1) is 15.6 Å². The first-order chi connectivity index (χ1) is 6.79. The lowest BCUT2D eigenvalue weighted by atomic mass is 10.4. The summed E-state index contributed by atoms with van der Waals surface area (Å²) in [5.41, 5.74) is 0. The van der Waals surface area contributed by atoms with E-state index in [4.69, 9.17) is 16.1 Å². The maximum Gasteiger partial charge on any atom is 0.268 e. The molecule has 6 heteroatoms. The third-order valence-electron chi connectivity index (χ3n) is 1.52. The van der Waals surface area contributed by atoms with Crippen LogP contribution >= 0.6 is 22.9 Å². The Morgan fingerprint density at radius 2 is 2.43 bits per heavy atom. The molecule has 4 nitrogen and oxygen atoms in total. The van der Waals surface area contributed by atoms with Crippen molar-refractivity contribution >= 4 is 29.2 Å². The highest BCUT2D eigenvalue weighted by molar-refractivity contribution is 7.19. The van der Waals surface area contributed by atoms with E-state index in [0.717, 1.165) is 11.2 Å². The summed E-state index contributed by atoms with van der Waals surface area (Å²) in [6, 6.07) is 3.55. The smallest absolute Gasteiger partial charge is 0.268 e. The van der Waals surface area contributed by atoms with Gasteiger partial charge in [0.15, 0.2) is 5.82 Å². The van der Waals surface area contributed by atoms with Crippen molar-refractivity contribution in [2.75, 3.05) is 0 Å². The van der Waals surface area contributed by atoms with Gasteiger partial charge in [-0.3, -0.25) is 0 Å². The summed E-state index contributed by atoms with van der Waals surface area (Å²) < 4.78 is 5.61. The number of hydrogen-bond acceptors (Lipinski definition) is 5. The third-order valence-corrected chi connectivity index (χ3v) is 2.74. The predicted octanol–water partition coefficient (Wildman–Crippen LogP) is 2.19. The number of carbonyl (C=O) groups excluding carboxylic acids is 1. The lowest BCUT2D eigenvalue weighted by Gasteiger charge is -1.82. The largest absolute Gasteiger partial charge is 0.333 e. The highest BCUT2D eigenvalue weighted by atomic mass is 35.5. The highest BCUT2D eigenvalue weighted by Gasteiger charge is 2.10. The second kappa shape index (κ2) is 3.89. The van der Waals surface area contributed by atoms with Crippen molar-refractivity contribution in [1.82, 2.24) is 10.1 Å². The molecule has 0 fully saturated rings. The molecule has 0 bridgehead atoms. The van der Waals surface area contributed by atoms with E-state index in [-0.39, 0.29) is 6.42 Å². The Bertz CT molecular complexity index is 452. The van der Waals surface area contributed by atoms with Gasteiger partial charge in [-0.1, -0.05) is 16.8 Å². The monoisotopic (exact) mass is 228 g/mol. The average Bonchev–Trinajstić information content (AvgIpc) is 2.74. The molecule has 0 spiro atoms. The van der Waals surface area contributed by atoms with Crippen molar-refractivity contribution in [3.8, 4) is 10.8 Å². The van der Waals surface area contributed by atoms with Crippen molar-refractivity contribution in [1.29, 1.82) is 0 Å². The zero-order chi connectivity index (χ0) is 9.97. The van der Waals surface area contributed by atoms with Gasteiger partial charge in [0.1, 0.15) is 6.29 Å². The fourth-order valence-corrected chi connectivity index (χ4v) is 1.91. The minimum Gasteiger partial charge on any atom is -0.333 e. The molecule has 0 aliphatic rings. The van der Waals surface area contributed by atoms with Crippen LogP contribution in [0.5, 0.6) is 0 Å². The maximum atomic E-state index is 10.2. The van der Waals surface area contributed by atoms with E-state index in [1.807, 2.05) is 0 Å². The number of nitrogens with zero attached hydrogens (tertiary/aromatic N) is 2. The lowest BCUT2D eigenvalue weighted by molar-refractivity contribution is -0.107. The van der Waals surface area contributed by atoms with Crippen molar-refractivity contribution in [3.63, 3.8) is 0 Å². The van der Waals surface area contributed by atoms with Crippen LogP contribution in [0.2, 0.25) is 4.34 Å². The number of thiophene rings is 1. The number of aldehydes is 1. The molecule has 2 rings (SSSR count). The number of carbonyl (C=O) groups is 1. The van der Waals surface area contributed by atoms with Crippen LogP contribution in [0.25, 0.3) is 10.8 Å². The molecule has 0 amide bonds. The van der Waals surface area contributed by atoms with E-state index < -0.39 is 0 Å². The predicted molar refractivity (Wildman–Crippen MR) is 52.4 cm³/mol. The summed E-state index contributed by atoms with van der Waals surface area (Å²) in [6.07, 6.45) is 0.901. The first-order valence-corrected chi connectivity index (χ1v) is 5.01. The van der Waals surface area contributed by atoms with Crippen LogP contribution in [0.3, 0.4) is 0 Å². The molecular formula is C8H5ClN2O2S. The van der Waals surface area contributed by atoms with Crippen LogP contribution in [0.15, 0.2) is 16.7 Å². The zero-order valence-corrected chi connectivity index (χ0v) is 8.51. The van der Waals surface area contributed by atoms with E-state index in [0.29, 0.717) is 16.1 Å². The minimum atomic E-state index is 0.169. The van der Waals surface area contributed by atoms with Gasteiger partial charge in [-0.2, -0.15) is 4.98 Å². The molecule has 0 aliphatic carbocycles. The van der Waals surface area contributed by atoms with Crippen LogP contribution in [-0.4, -0.2) is 16.4 Å². The molecule has 0 aliphatic heterocycles. The summed E-state index contributed by atoms with van der Waals surface area (Å²) >= 11 is 7.10. The fraction of sp³-hybridized carbons (Fsp3) is 0.125. The fourth-order valence-electron chi connectivity index (χ4n) is 0.941. The zero-order valence-electron chi connectivity index (χ0n) is 6.94. The molecule has 72 valence electrons. The Morgan fingerprint density at radius 1 is 1.57 bits per heavy atom. The SMILES string of the molecule is O=CCc1noc(-c2ccc(Cl)s2)n1.